The van der Waals surface area contributed by atoms with E-state index in [2.05, 4.69) is 15.4 Å². The summed E-state index contributed by atoms with van der Waals surface area (Å²) in [7, 11) is 0. The average Bonchev–Trinajstić information content (AvgIpc) is 2.46. The number of hydrogen-bond acceptors (Lipinski definition) is 5. The fourth-order valence-electron chi connectivity index (χ4n) is 2.09. The molecule has 8 heteroatoms. The van der Waals surface area contributed by atoms with Crippen molar-refractivity contribution in [1.29, 1.82) is 0 Å². The Hall–Kier alpha value is -1.28. The Kier molecular flexibility index (Phi) is 10.7. The lowest BCUT2D eigenvalue weighted by molar-refractivity contribution is -0.130. The zero-order chi connectivity index (χ0) is 18.0. The lowest BCUT2D eigenvalue weighted by atomic mass is 9.96. The summed E-state index contributed by atoms with van der Waals surface area (Å²) in [6.07, 6.45) is 2.89. The van der Waals surface area contributed by atoms with Crippen molar-refractivity contribution >= 4 is 29.7 Å². The summed E-state index contributed by atoms with van der Waals surface area (Å²) >= 11 is 1.38. The monoisotopic (exact) mass is 346 g/mol. The molecular weight excluding hydrogens is 316 g/mol. The van der Waals surface area contributed by atoms with Gasteiger partial charge in [-0.3, -0.25) is 14.3 Å². The van der Waals surface area contributed by atoms with Gasteiger partial charge in [0, 0.05) is 12.5 Å². The minimum absolute atomic E-state index is 0.0101. The van der Waals surface area contributed by atoms with Gasteiger partial charge < -0.3 is 16.4 Å². The third kappa shape index (κ3) is 8.80. The molecule has 3 amide bonds. The summed E-state index contributed by atoms with van der Waals surface area (Å²) in [5.74, 6) is -0.260. The van der Waals surface area contributed by atoms with Crippen LogP contribution in [-0.2, 0) is 9.59 Å². The molecule has 0 aromatic carbocycles. The standard InChI is InChI=1S/C15H30N4O3S/c1-9(2)12(19-23-5)14(21)18-11(13(20)10(3)4)7-6-8-17-15(16)22/h9-12,19H,6-8H2,1-5H3,(H,18,21)(H3,16,17,22). The smallest absolute Gasteiger partial charge is 0.312 e. The number of ketones is 1. The van der Waals surface area contributed by atoms with Gasteiger partial charge in [0.15, 0.2) is 5.78 Å². The number of rotatable bonds is 11. The van der Waals surface area contributed by atoms with Gasteiger partial charge in [-0.2, -0.15) is 0 Å². The minimum atomic E-state index is -0.593. The van der Waals surface area contributed by atoms with Crippen molar-refractivity contribution in [3.05, 3.63) is 0 Å². The molecule has 0 saturated heterocycles. The van der Waals surface area contributed by atoms with Crippen molar-refractivity contribution in [1.82, 2.24) is 15.4 Å². The van der Waals surface area contributed by atoms with E-state index in [-0.39, 0.29) is 29.6 Å². The largest absolute Gasteiger partial charge is 0.352 e. The molecule has 0 aliphatic heterocycles. The van der Waals surface area contributed by atoms with E-state index in [9.17, 15) is 14.4 Å². The van der Waals surface area contributed by atoms with Gasteiger partial charge in [0.25, 0.3) is 0 Å². The Morgan fingerprint density at radius 3 is 2.17 bits per heavy atom. The maximum Gasteiger partial charge on any atom is 0.312 e. The van der Waals surface area contributed by atoms with Crippen LogP contribution in [0.2, 0.25) is 0 Å². The number of Topliss-reactive ketones (excluding diaryl/α,β-unsaturated/α-hetero) is 1. The molecule has 23 heavy (non-hydrogen) atoms. The van der Waals surface area contributed by atoms with Crippen LogP contribution >= 0.6 is 11.9 Å². The van der Waals surface area contributed by atoms with Crippen LogP contribution in [0.3, 0.4) is 0 Å². The first-order valence-electron chi connectivity index (χ1n) is 7.86. The third-order valence-corrected chi connectivity index (χ3v) is 3.88. The molecule has 0 radical (unpaired) electrons. The Morgan fingerprint density at radius 1 is 1.13 bits per heavy atom. The second-order valence-electron chi connectivity index (χ2n) is 6.10. The second kappa shape index (κ2) is 11.3. The average molecular weight is 346 g/mol. The molecule has 7 nitrogen and oxygen atoms in total. The number of urea groups is 1. The van der Waals surface area contributed by atoms with Gasteiger partial charge in [-0.1, -0.05) is 39.6 Å². The van der Waals surface area contributed by atoms with Gasteiger partial charge in [0.05, 0.1) is 12.1 Å². The number of nitrogens with two attached hydrogens (primary N) is 1. The van der Waals surface area contributed by atoms with E-state index in [0.717, 1.165) is 0 Å². The normalized spacial score (nSPS) is 13.7. The van der Waals surface area contributed by atoms with Crippen LogP contribution in [0.25, 0.3) is 0 Å². The van der Waals surface area contributed by atoms with E-state index < -0.39 is 12.1 Å². The Morgan fingerprint density at radius 2 is 1.74 bits per heavy atom. The van der Waals surface area contributed by atoms with Gasteiger partial charge in [0.1, 0.15) is 0 Å². The highest BCUT2D eigenvalue weighted by atomic mass is 32.2. The highest BCUT2D eigenvalue weighted by molar-refractivity contribution is 7.96. The van der Waals surface area contributed by atoms with Crippen LogP contribution < -0.4 is 21.1 Å². The van der Waals surface area contributed by atoms with Crippen LogP contribution in [0, 0.1) is 11.8 Å². The highest BCUT2D eigenvalue weighted by Gasteiger charge is 2.28. The Labute approximate surface area is 143 Å². The molecule has 0 aromatic heterocycles. The van der Waals surface area contributed by atoms with Crippen LogP contribution in [0.4, 0.5) is 4.79 Å². The highest BCUT2D eigenvalue weighted by Crippen LogP contribution is 2.10. The molecule has 2 unspecified atom stereocenters. The van der Waals surface area contributed by atoms with Crippen LogP contribution in [0.15, 0.2) is 0 Å². The number of carbonyl (C=O) groups is 3. The number of primary amides is 1. The Bertz CT molecular complexity index is 402. The van der Waals surface area contributed by atoms with E-state index in [1.165, 1.54) is 11.9 Å². The molecule has 0 heterocycles. The molecule has 2 atom stereocenters. The first kappa shape index (κ1) is 21.7. The fourth-order valence-corrected chi connectivity index (χ4v) is 2.72. The van der Waals surface area contributed by atoms with Crippen LogP contribution in [0.1, 0.15) is 40.5 Å². The lowest BCUT2D eigenvalue weighted by Crippen LogP contribution is -2.51. The van der Waals surface area contributed by atoms with E-state index in [1.807, 2.05) is 34.0 Å². The summed E-state index contributed by atoms with van der Waals surface area (Å²) in [6.45, 7) is 7.89. The van der Waals surface area contributed by atoms with Crippen molar-refractivity contribution < 1.29 is 14.4 Å². The number of nitrogens with one attached hydrogen (secondary N) is 3. The van der Waals surface area contributed by atoms with Gasteiger partial charge in [0.2, 0.25) is 5.91 Å². The summed E-state index contributed by atoms with van der Waals surface area (Å²) in [4.78, 5) is 35.4. The van der Waals surface area contributed by atoms with Gasteiger partial charge in [-0.05, 0) is 25.0 Å². The lowest BCUT2D eigenvalue weighted by Gasteiger charge is -2.25. The molecule has 0 aromatic rings. The molecule has 0 spiro atoms. The molecule has 5 N–H and O–H groups in total. The number of amides is 3. The van der Waals surface area contributed by atoms with Crippen LogP contribution in [0.5, 0.6) is 0 Å². The summed E-state index contributed by atoms with van der Waals surface area (Å²) in [6, 6.07) is -1.51. The van der Waals surface area contributed by atoms with Crippen molar-refractivity contribution in [2.75, 3.05) is 12.8 Å². The predicted molar refractivity (Wildman–Crippen MR) is 93.9 cm³/mol. The van der Waals surface area contributed by atoms with Crippen molar-refractivity contribution in [3.8, 4) is 0 Å². The topological polar surface area (TPSA) is 113 Å². The van der Waals surface area contributed by atoms with Crippen molar-refractivity contribution in [2.24, 2.45) is 17.6 Å². The molecule has 0 rings (SSSR count). The Balaban J connectivity index is 4.76. The predicted octanol–water partition coefficient (Wildman–Crippen LogP) is 1.04. The maximum atomic E-state index is 12.4. The summed E-state index contributed by atoms with van der Waals surface area (Å²) < 4.78 is 3.06. The van der Waals surface area contributed by atoms with E-state index in [0.29, 0.717) is 19.4 Å². The molecule has 0 bridgehead atoms. The molecule has 0 saturated carbocycles. The van der Waals surface area contributed by atoms with Gasteiger partial charge in [-0.25, -0.2) is 4.79 Å². The van der Waals surface area contributed by atoms with Gasteiger partial charge >= 0.3 is 6.03 Å². The van der Waals surface area contributed by atoms with E-state index in [4.69, 9.17) is 5.73 Å². The quantitative estimate of drug-likeness (QED) is 0.330. The van der Waals surface area contributed by atoms with Crippen LogP contribution in [-0.4, -0.2) is 42.6 Å². The molecule has 0 fully saturated rings. The SMILES string of the molecule is CSNC(C(=O)NC(CCCNC(N)=O)C(=O)C(C)C)C(C)C. The minimum Gasteiger partial charge on any atom is -0.352 e. The molecule has 134 valence electrons. The maximum absolute atomic E-state index is 12.4. The summed E-state index contributed by atoms with van der Waals surface area (Å²) in [5, 5.41) is 5.33. The third-order valence-electron chi connectivity index (χ3n) is 3.39. The number of hydrogen-bond donors (Lipinski definition) is 4. The zero-order valence-electron chi connectivity index (χ0n) is 14.6. The van der Waals surface area contributed by atoms with Gasteiger partial charge in [-0.15, -0.1) is 0 Å². The second-order valence-corrected chi connectivity index (χ2v) is 6.74. The first-order valence-corrected chi connectivity index (χ1v) is 9.09. The fraction of sp³-hybridized carbons (Fsp3) is 0.800. The van der Waals surface area contributed by atoms with Crippen molar-refractivity contribution in [3.63, 3.8) is 0 Å². The number of carbonyl (C=O) groups excluding carboxylic acids is 3. The van der Waals surface area contributed by atoms with E-state index >= 15 is 0 Å². The van der Waals surface area contributed by atoms with E-state index in [1.54, 1.807) is 0 Å². The molecule has 0 aliphatic rings. The first-order chi connectivity index (χ1) is 10.7. The molecule has 0 aliphatic carbocycles. The molecular formula is C15H30N4O3S. The van der Waals surface area contributed by atoms with Crippen molar-refractivity contribution in [2.45, 2.75) is 52.6 Å². The zero-order valence-corrected chi connectivity index (χ0v) is 15.5. The summed E-state index contributed by atoms with van der Waals surface area (Å²) in [5.41, 5.74) is 5.01.